The number of aryl methyl sites for hydroxylation is 2. The molecule has 0 aromatic carbocycles. The molecule has 0 unspecified atom stereocenters. The average Bonchev–Trinajstić information content (AvgIpc) is 2.44. The van der Waals surface area contributed by atoms with Gasteiger partial charge in [0.05, 0.1) is 5.69 Å². The first-order valence-electron chi connectivity index (χ1n) is 4.92. The van der Waals surface area contributed by atoms with Crippen LogP contribution in [-0.4, -0.2) is 16.1 Å². The van der Waals surface area contributed by atoms with Gasteiger partial charge in [0.15, 0.2) is 0 Å². The maximum atomic E-state index is 11.2. The van der Waals surface area contributed by atoms with Crippen LogP contribution < -0.4 is 5.32 Å². The van der Waals surface area contributed by atoms with Gasteiger partial charge < -0.3 is 5.32 Å². The van der Waals surface area contributed by atoms with Crippen LogP contribution in [0.1, 0.15) is 36.7 Å². The third-order valence-corrected chi connectivity index (χ3v) is 2.22. The Kier molecular flexibility index (Phi) is 3.68. The number of hydrogen-bond acceptors (Lipinski definition) is 2. The number of nitrogens with one attached hydrogen (secondary N) is 2. The van der Waals surface area contributed by atoms with E-state index in [1.54, 1.807) is 0 Å². The molecule has 78 valence electrons. The Bertz CT molecular complexity index is 298. The quantitative estimate of drug-likeness (QED) is 0.763. The summed E-state index contributed by atoms with van der Waals surface area (Å²) in [7, 11) is 0. The molecular weight excluding hydrogens is 178 g/mol. The largest absolute Gasteiger partial charge is 0.352 e. The van der Waals surface area contributed by atoms with Crippen molar-refractivity contribution in [1.29, 1.82) is 0 Å². The molecule has 0 atom stereocenters. The van der Waals surface area contributed by atoms with Crippen molar-refractivity contribution in [3.05, 3.63) is 17.0 Å². The SMILES string of the molecule is CCCC(=O)NCc1c(C)n[nH]c1C. The minimum Gasteiger partial charge on any atom is -0.352 e. The Hall–Kier alpha value is -1.32. The molecule has 4 heteroatoms. The fraction of sp³-hybridized carbons (Fsp3) is 0.600. The lowest BCUT2D eigenvalue weighted by Crippen LogP contribution is -2.22. The first-order chi connectivity index (χ1) is 6.65. The van der Waals surface area contributed by atoms with E-state index in [0.29, 0.717) is 13.0 Å². The van der Waals surface area contributed by atoms with Crippen LogP contribution in [0.25, 0.3) is 0 Å². The van der Waals surface area contributed by atoms with Crippen molar-refractivity contribution in [2.75, 3.05) is 0 Å². The molecule has 4 nitrogen and oxygen atoms in total. The van der Waals surface area contributed by atoms with Crippen LogP contribution in [0.15, 0.2) is 0 Å². The van der Waals surface area contributed by atoms with Crippen molar-refractivity contribution in [2.24, 2.45) is 0 Å². The molecule has 2 N–H and O–H groups in total. The van der Waals surface area contributed by atoms with Gasteiger partial charge in [0.2, 0.25) is 5.91 Å². The summed E-state index contributed by atoms with van der Waals surface area (Å²) in [5.74, 6) is 0.104. The molecule has 1 amide bonds. The van der Waals surface area contributed by atoms with Gasteiger partial charge in [-0.3, -0.25) is 9.89 Å². The second-order valence-electron chi connectivity index (χ2n) is 3.44. The van der Waals surface area contributed by atoms with Crippen LogP contribution in [0.2, 0.25) is 0 Å². The third-order valence-electron chi connectivity index (χ3n) is 2.22. The van der Waals surface area contributed by atoms with Gasteiger partial charge in [0.25, 0.3) is 0 Å². The van der Waals surface area contributed by atoms with E-state index in [2.05, 4.69) is 15.5 Å². The number of amides is 1. The lowest BCUT2D eigenvalue weighted by Gasteiger charge is -2.03. The van der Waals surface area contributed by atoms with Gasteiger partial charge in [0.1, 0.15) is 0 Å². The molecule has 0 saturated carbocycles. The van der Waals surface area contributed by atoms with Gasteiger partial charge in [-0.15, -0.1) is 0 Å². The van der Waals surface area contributed by atoms with Gasteiger partial charge in [-0.1, -0.05) is 6.92 Å². The molecule has 1 heterocycles. The normalized spacial score (nSPS) is 10.2. The standard InChI is InChI=1S/C10H17N3O/c1-4-5-10(14)11-6-9-7(2)12-13-8(9)3/h4-6H2,1-3H3,(H,11,14)(H,12,13). The average molecular weight is 195 g/mol. The van der Waals surface area contributed by atoms with E-state index in [4.69, 9.17) is 0 Å². The molecule has 1 aromatic heterocycles. The lowest BCUT2D eigenvalue weighted by molar-refractivity contribution is -0.121. The van der Waals surface area contributed by atoms with Crippen LogP contribution in [0, 0.1) is 13.8 Å². The number of H-pyrrole nitrogens is 1. The smallest absolute Gasteiger partial charge is 0.220 e. The summed E-state index contributed by atoms with van der Waals surface area (Å²) >= 11 is 0. The minimum atomic E-state index is 0.104. The Labute approximate surface area is 84.1 Å². The van der Waals surface area contributed by atoms with Gasteiger partial charge in [-0.05, 0) is 20.3 Å². The molecule has 0 spiro atoms. The topological polar surface area (TPSA) is 57.8 Å². The van der Waals surface area contributed by atoms with E-state index < -0.39 is 0 Å². The highest BCUT2D eigenvalue weighted by molar-refractivity contribution is 5.75. The highest BCUT2D eigenvalue weighted by atomic mass is 16.1. The second kappa shape index (κ2) is 4.79. The van der Waals surface area contributed by atoms with E-state index >= 15 is 0 Å². The molecule has 0 bridgehead atoms. The predicted octanol–water partition coefficient (Wildman–Crippen LogP) is 1.44. The van der Waals surface area contributed by atoms with Gasteiger partial charge in [0, 0.05) is 24.2 Å². The Morgan fingerprint density at radius 1 is 1.50 bits per heavy atom. The Balaban J connectivity index is 2.49. The van der Waals surface area contributed by atoms with E-state index in [1.165, 1.54) is 0 Å². The molecule has 0 aliphatic rings. The number of nitrogens with zero attached hydrogens (tertiary/aromatic N) is 1. The first kappa shape index (κ1) is 10.8. The van der Waals surface area contributed by atoms with Crippen molar-refractivity contribution >= 4 is 5.91 Å². The first-order valence-corrected chi connectivity index (χ1v) is 4.92. The summed E-state index contributed by atoms with van der Waals surface area (Å²) in [6, 6.07) is 0. The van der Waals surface area contributed by atoms with Crippen LogP contribution in [0.3, 0.4) is 0 Å². The van der Waals surface area contributed by atoms with E-state index in [9.17, 15) is 4.79 Å². The molecule has 0 fully saturated rings. The maximum Gasteiger partial charge on any atom is 0.220 e. The second-order valence-corrected chi connectivity index (χ2v) is 3.44. The summed E-state index contributed by atoms with van der Waals surface area (Å²) < 4.78 is 0. The minimum absolute atomic E-state index is 0.104. The van der Waals surface area contributed by atoms with E-state index in [-0.39, 0.29) is 5.91 Å². The number of carbonyl (C=O) groups excluding carboxylic acids is 1. The number of hydrogen-bond donors (Lipinski definition) is 2. The van der Waals surface area contributed by atoms with Gasteiger partial charge in [-0.2, -0.15) is 5.10 Å². The fourth-order valence-electron chi connectivity index (χ4n) is 1.34. The van der Waals surface area contributed by atoms with Crippen molar-refractivity contribution in [1.82, 2.24) is 15.5 Å². The lowest BCUT2D eigenvalue weighted by atomic mass is 10.2. The van der Waals surface area contributed by atoms with Crippen molar-refractivity contribution in [2.45, 2.75) is 40.2 Å². The Morgan fingerprint density at radius 2 is 2.21 bits per heavy atom. The molecule has 14 heavy (non-hydrogen) atoms. The maximum absolute atomic E-state index is 11.2. The summed E-state index contributed by atoms with van der Waals surface area (Å²) in [5.41, 5.74) is 3.08. The van der Waals surface area contributed by atoms with Crippen LogP contribution >= 0.6 is 0 Å². The van der Waals surface area contributed by atoms with E-state index in [0.717, 1.165) is 23.4 Å². The number of carbonyl (C=O) groups is 1. The van der Waals surface area contributed by atoms with E-state index in [1.807, 2.05) is 20.8 Å². The molecule has 0 radical (unpaired) electrons. The zero-order valence-electron chi connectivity index (χ0n) is 8.98. The highest BCUT2D eigenvalue weighted by Crippen LogP contribution is 2.08. The van der Waals surface area contributed by atoms with Crippen LogP contribution in [0.4, 0.5) is 0 Å². The van der Waals surface area contributed by atoms with Crippen molar-refractivity contribution < 1.29 is 4.79 Å². The molecule has 1 aromatic rings. The summed E-state index contributed by atoms with van der Waals surface area (Å²) in [4.78, 5) is 11.2. The highest BCUT2D eigenvalue weighted by Gasteiger charge is 2.07. The zero-order valence-corrected chi connectivity index (χ0v) is 8.98. The van der Waals surface area contributed by atoms with Crippen molar-refractivity contribution in [3.63, 3.8) is 0 Å². The van der Waals surface area contributed by atoms with Gasteiger partial charge >= 0.3 is 0 Å². The number of rotatable bonds is 4. The summed E-state index contributed by atoms with van der Waals surface area (Å²) in [5, 5.41) is 9.82. The third kappa shape index (κ3) is 2.58. The molecule has 0 saturated heterocycles. The molecule has 0 aliphatic heterocycles. The monoisotopic (exact) mass is 195 g/mol. The molecule has 0 aliphatic carbocycles. The number of aromatic nitrogens is 2. The van der Waals surface area contributed by atoms with Crippen LogP contribution in [-0.2, 0) is 11.3 Å². The van der Waals surface area contributed by atoms with Crippen LogP contribution in [0.5, 0.6) is 0 Å². The zero-order chi connectivity index (χ0) is 10.6. The Morgan fingerprint density at radius 3 is 2.71 bits per heavy atom. The molecule has 1 rings (SSSR count). The summed E-state index contributed by atoms with van der Waals surface area (Å²) in [6.07, 6.45) is 1.48. The van der Waals surface area contributed by atoms with Gasteiger partial charge in [-0.25, -0.2) is 0 Å². The van der Waals surface area contributed by atoms with Crippen molar-refractivity contribution in [3.8, 4) is 0 Å². The predicted molar refractivity (Wildman–Crippen MR) is 54.8 cm³/mol. The summed E-state index contributed by atoms with van der Waals surface area (Å²) in [6.45, 7) is 6.47. The molecular formula is C10H17N3O. The number of aromatic amines is 1. The fourth-order valence-corrected chi connectivity index (χ4v) is 1.34.